The Morgan fingerprint density at radius 3 is 2.94 bits per heavy atom. The second-order valence-electron chi connectivity index (χ2n) is 4.01. The molecule has 2 heterocycles. The Morgan fingerprint density at radius 2 is 2.29 bits per heavy atom. The number of aryl methyl sites for hydroxylation is 1. The topological polar surface area (TPSA) is 66.5 Å². The van der Waals surface area contributed by atoms with Gasteiger partial charge in [-0.05, 0) is 37.1 Å². The van der Waals surface area contributed by atoms with E-state index >= 15 is 0 Å². The minimum Gasteiger partial charge on any atom is -0.305 e. The average molecular weight is 231 g/mol. The number of hydrogen-bond acceptors (Lipinski definition) is 4. The predicted molar refractivity (Wildman–Crippen MR) is 65.5 cm³/mol. The Bertz CT molecular complexity index is 452. The molecule has 5 heteroatoms. The Kier molecular flexibility index (Phi) is 3.82. The van der Waals surface area contributed by atoms with Crippen molar-refractivity contribution in [2.24, 2.45) is 0 Å². The van der Waals surface area contributed by atoms with Crippen molar-refractivity contribution in [3.05, 3.63) is 41.5 Å². The summed E-state index contributed by atoms with van der Waals surface area (Å²) in [5.74, 6) is 0. The van der Waals surface area contributed by atoms with E-state index < -0.39 is 0 Å². The second kappa shape index (κ2) is 5.54. The number of pyridine rings is 1. The van der Waals surface area contributed by atoms with Crippen molar-refractivity contribution in [3.63, 3.8) is 0 Å². The quantitative estimate of drug-likeness (QED) is 0.820. The molecule has 0 aliphatic carbocycles. The Balaban J connectivity index is 2.30. The van der Waals surface area contributed by atoms with E-state index in [9.17, 15) is 0 Å². The van der Waals surface area contributed by atoms with Crippen LogP contribution in [0.15, 0.2) is 24.7 Å². The molecule has 2 aromatic rings. The summed E-state index contributed by atoms with van der Waals surface area (Å²) >= 11 is 0. The van der Waals surface area contributed by atoms with Crippen LogP contribution in [0.1, 0.15) is 36.2 Å². The smallest absolute Gasteiger partial charge is 0.104 e. The van der Waals surface area contributed by atoms with E-state index in [0.717, 1.165) is 24.2 Å². The summed E-state index contributed by atoms with van der Waals surface area (Å²) in [7, 11) is 0. The van der Waals surface area contributed by atoms with Gasteiger partial charge in [-0.2, -0.15) is 15.4 Å². The minimum absolute atomic E-state index is 0.0578. The van der Waals surface area contributed by atoms with Crippen molar-refractivity contribution >= 4 is 0 Å². The molecular formula is C12H17N5. The zero-order valence-corrected chi connectivity index (χ0v) is 10.1. The fourth-order valence-electron chi connectivity index (χ4n) is 1.79. The van der Waals surface area contributed by atoms with Gasteiger partial charge in [0, 0.05) is 12.4 Å². The summed E-state index contributed by atoms with van der Waals surface area (Å²) < 4.78 is 0. The molecule has 0 bridgehead atoms. The highest BCUT2D eigenvalue weighted by atomic mass is 15.3. The molecule has 17 heavy (non-hydrogen) atoms. The summed E-state index contributed by atoms with van der Waals surface area (Å²) in [4.78, 5) is 4.19. The van der Waals surface area contributed by atoms with Crippen LogP contribution in [0.5, 0.6) is 0 Å². The number of aromatic nitrogens is 4. The Labute approximate surface area is 101 Å². The van der Waals surface area contributed by atoms with Crippen LogP contribution in [-0.2, 0) is 0 Å². The van der Waals surface area contributed by atoms with Gasteiger partial charge in [0.25, 0.3) is 0 Å². The highest BCUT2D eigenvalue weighted by Gasteiger charge is 2.17. The first-order chi connectivity index (χ1) is 8.33. The van der Waals surface area contributed by atoms with E-state index in [0.29, 0.717) is 0 Å². The molecule has 1 unspecified atom stereocenters. The maximum atomic E-state index is 4.19. The fraction of sp³-hybridized carbons (Fsp3) is 0.417. The van der Waals surface area contributed by atoms with Gasteiger partial charge < -0.3 is 5.32 Å². The fourth-order valence-corrected chi connectivity index (χ4v) is 1.79. The summed E-state index contributed by atoms with van der Waals surface area (Å²) in [6.45, 7) is 5.16. The van der Waals surface area contributed by atoms with Crippen LogP contribution in [0.2, 0.25) is 0 Å². The van der Waals surface area contributed by atoms with Crippen molar-refractivity contribution in [2.45, 2.75) is 26.3 Å². The molecule has 0 saturated heterocycles. The molecule has 0 spiro atoms. The number of hydrogen-bond donors (Lipinski definition) is 2. The van der Waals surface area contributed by atoms with Gasteiger partial charge >= 0.3 is 0 Å². The second-order valence-corrected chi connectivity index (χ2v) is 4.01. The number of nitrogens with one attached hydrogen (secondary N) is 2. The first-order valence-electron chi connectivity index (χ1n) is 5.82. The molecule has 0 radical (unpaired) electrons. The molecule has 5 nitrogen and oxygen atoms in total. The van der Waals surface area contributed by atoms with Crippen LogP contribution in [-0.4, -0.2) is 26.9 Å². The van der Waals surface area contributed by atoms with E-state index in [1.165, 1.54) is 5.56 Å². The maximum absolute atomic E-state index is 4.19. The van der Waals surface area contributed by atoms with Crippen LogP contribution < -0.4 is 5.32 Å². The third-order valence-corrected chi connectivity index (χ3v) is 2.72. The van der Waals surface area contributed by atoms with Crippen LogP contribution in [0.25, 0.3) is 0 Å². The molecule has 2 rings (SSSR count). The van der Waals surface area contributed by atoms with Gasteiger partial charge in [0.1, 0.15) is 5.69 Å². The standard InChI is InChI=1S/C12H17N5/c1-3-5-14-12(11-8-15-17-16-11)10-7-13-6-4-9(10)2/h4,6-8,12,14H,3,5H2,1-2H3,(H,15,16,17). The molecule has 0 aliphatic heterocycles. The van der Waals surface area contributed by atoms with Crippen molar-refractivity contribution in [2.75, 3.05) is 6.54 Å². The molecule has 0 saturated carbocycles. The van der Waals surface area contributed by atoms with Gasteiger partial charge in [0.15, 0.2) is 0 Å². The first-order valence-corrected chi connectivity index (χ1v) is 5.82. The average Bonchev–Trinajstić information content (AvgIpc) is 2.85. The largest absolute Gasteiger partial charge is 0.305 e. The molecule has 2 aromatic heterocycles. The van der Waals surface area contributed by atoms with Gasteiger partial charge in [-0.3, -0.25) is 4.98 Å². The number of aromatic amines is 1. The Hall–Kier alpha value is -1.75. The lowest BCUT2D eigenvalue weighted by molar-refractivity contribution is 0.581. The molecule has 1 atom stereocenters. The van der Waals surface area contributed by atoms with Crippen molar-refractivity contribution in [3.8, 4) is 0 Å². The lowest BCUT2D eigenvalue weighted by atomic mass is 10.0. The van der Waals surface area contributed by atoms with Gasteiger partial charge in [-0.15, -0.1) is 0 Å². The highest BCUT2D eigenvalue weighted by Crippen LogP contribution is 2.21. The van der Waals surface area contributed by atoms with E-state index in [1.54, 1.807) is 12.4 Å². The molecule has 0 amide bonds. The lowest BCUT2D eigenvalue weighted by Gasteiger charge is -2.17. The SMILES string of the molecule is CCCNC(c1cn[nH]n1)c1cnccc1C. The van der Waals surface area contributed by atoms with Gasteiger partial charge in [-0.25, -0.2) is 0 Å². The van der Waals surface area contributed by atoms with Gasteiger partial charge in [0.2, 0.25) is 0 Å². The van der Waals surface area contributed by atoms with E-state index in [-0.39, 0.29) is 6.04 Å². The Morgan fingerprint density at radius 1 is 1.41 bits per heavy atom. The zero-order valence-electron chi connectivity index (χ0n) is 10.1. The van der Waals surface area contributed by atoms with Crippen molar-refractivity contribution in [1.82, 2.24) is 25.7 Å². The molecular weight excluding hydrogens is 214 g/mol. The number of nitrogens with zero attached hydrogens (tertiary/aromatic N) is 3. The van der Waals surface area contributed by atoms with Crippen LogP contribution >= 0.6 is 0 Å². The molecule has 2 N–H and O–H groups in total. The van der Waals surface area contributed by atoms with Crippen LogP contribution in [0.4, 0.5) is 0 Å². The predicted octanol–water partition coefficient (Wildman–Crippen LogP) is 1.60. The van der Waals surface area contributed by atoms with Gasteiger partial charge in [0.05, 0.1) is 12.2 Å². The first kappa shape index (κ1) is 11.7. The highest BCUT2D eigenvalue weighted by molar-refractivity contribution is 5.30. The van der Waals surface area contributed by atoms with Crippen molar-refractivity contribution < 1.29 is 0 Å². The van der Waals surface area contributed by atoms with Crippen LogP contribution in [0, 0.1) is 6.92 Å². The minimum atomic E-state index is 0.0578. The van der Waals surface area contributed by atoms with Crippen LogP contribution in [0.3, 0.4) is 0 Å². The van der Waals surface area contributed by atoms with Gasteiger partial charge in [-0.1, -0.05) is 6.92 Å². The molecule has 0 aliphatic rings. The molecule has 0 fully saturated rings. The number of rotatable bonds is 5. The summed E-state index contributed by atoms with van der Waals surface area (Å²) in [6.07, 6.45) is 6.52. The lowest BCUT2D eigenvalue weighted by Crippen LogP contribution is -2.24. The zero-order chi connectivity index (χ0) is 12.1. The normalized spacial score (nSPS) is 12.6. The molecule has 90 valence electrons. The van der Waals surface area contributed by atoms with E-state index in [1.807, 2.05) is 12.3 Å². The third kappa shape index (κ3) is 2.68. The van der Waals surface area contributed by atoms with E-state index in [4.69, 9.17) is 0 Å². The van der Waals surface area contributed by atoms with E-state index in [2.05, 4.69) is 39.6 Å². The number of H-pyrrole nitrogens is 1. The summed E-state index contributed by atoms with van der Waals surface area (Å²) in [5, 5.41) is 14.2. The summed E-state index contributed by atoms with van der Waals surface area (Å²) in [5.41, 5.74) is 3.25. The summed E-state index contributed by atoms with van der Waals surface area (Å²) in [6, 6.07) is 2.07. The maximum Gasteiger partial charge on any atom is 0.104 e. The third-order valence-electron chi connectivity index (χ3n) is 2.72. The molecule has 0 aromatic carbocycles. The van der Waals surface area contributed by atoms with Crippen molar-refractivity contribution in [1.29, 1.82) is 0 Å². The monoisotopic (exact) mass is 231 g/mol.